The van der Waals surface area contributed by atoms with E-state index in [9.17, 15) is 8.42 Å². The summed E-state index contributed by atoms with van der Waals surface area (Å²) in [5.74, 6) is 0.594. The van der Waals surface area contributed by atoms with E-state index in [1.54, 1.807) is 31.3 Å². The van der Waals surface area contributed by atoms with Crippen LogP contribution in [0.25, 0.3) is 0 Å². The van der Waals surface area contributed by atoms with Gasteiger partial charge in [-0.1, -0.05) is 11.6 Å². The van der Waals surface area contributed by atoms with E-state index in [-0.39, 0.29) is 4.90 Å². The van der Waals surface area contributed by atoms with Crippen molar-refractivity contribution in [2.24, 2.45) is 0 Å². The van der Waals surface area contributed by atoms with E-state index in [0.29, 0.717) is 16.5 Å². The van der Waals surface area contributed by atoms with Crippen molar-refractivity contribution in [2.75, 3.05) is 17.1 Å². The first-order chi connectivity index (χ1) is 9.42. The molecule has 0 spiro atoms. The van der Waals surface area contributed by atoms with Gasteiger partial charge in [-0.2, -0.15) is 0 Å². The Hall–Kier alpha value is -1.06. The lowest BCUT2D eigenvalue weighted by Gasteiger charge is -2.10. The molecule has 0 fully saturated rings. The second-order valence-corrected chi connectivity index (χ2v) is 7.19. The van der Waals surface area contributed by atoms with Gasteiger partial charge in [0.2, 0.25) is 0 Å². The highest BCUT2D eigenvalue weighted by Gasteiger charge is 2.16. The van der Waals surface area contributed by atoms with Crippen molar-refractivity contribution in [3.05, 3.63) is 45.1 Å². The van der Waals surface area contributed by atoms with Crippen molar-refractivity contribution in [3.63, 3.8) is 0 Å². The fraction of sp³-hybridized carbons (Fsp3) is 0.0833. The summed E-state index contributed by atoms with van der Waals surface area (Å²) in [7, 11) is -1.99. The van der Waals surface area contributed by atoms with E-state index in [1.165, 1.54) is 12.3 Å². The number of hydrogen-bond acceptors (Lipinski definition) is 4. The van der Waals surface area contributed by atoms with Crippen LogP contribution in [0.3, 0.4) is 0 Å². The maximum Gasteiger partial charge on any atom is 0.263 e. The smallest absolute Gasteiger partial charge is 0.263 e. The predicted molar refractivity (Wildman–Crippen MR) is 88.8 cm³/mol. The zero-order valence-electron chi connectivity index (χ0n) is 10.4. The molecule has 1 heterocycles. The predicted octanol–water partition coefficient (Wildman–Crippen LogP) is 3.18. The number of benzene rings is 1. The van der Waals surface area contributed by atoms with Gasteiger partial charge in [-0.25, -0.2) is 13.4 Å². The number of halogens is 2. The van der Waals surface area contributed by atoms with Gasteiger partial charge in [0.15, 0.2) is 0 Å². The van der Waals surface area contributed by atoms with Gasteiger partial charge in [-0.3, -0.25) is 4.72 Å². The van der Waals surface area contributed by atoms with Crippen LogP contribution >= 0.6 is 34.2 Å². The summed E-state index contributed by atoms with van der Waals surface area (Å²) in [6.45, 7) is 0. The second kappa shape index (κ2) is 6.15. The molecular formula is C12H11ClIN3O2S. The molecule has 0 saturated heterocycles. The second-order valence-electron chi connectivity index (χ2n) is 3.86. The van der Waals surface area contributed by atoms with Gasteiger partial charge in [-0.05, 0) is 52.9 Å². The van der Waals surface area contributed by atoms with E-state index in [0.717, 1.165) is 3.57 Å². The Kier molecular flexibility index (Phi) is 4.71. The van der Waals surface area contributed by atoms with Crippen LogP contribution in [0.5, 0.6) is 0 Å². The first-order valence-electron chi connectivity index (χ1n) is 5.54. The van der Waals surface area contributed by atoms with Crippen LogP contribution in [0.4, 0.5) is 11.5 Å². The third-order valence-electron chi connectivity index (χ3n) is 2.48. The summed E-state index contributed by atoms with van der Waals surface area (Å²) in [5.41, 5.74) is 0.338. The molecule has 0 saturated carbocycles. The Morgan fingerprint density at radius 1 is 1.25 bits per heavy atom. The topological polar surface area (TPSA) is 71.1 Å². The summed E-state index contributed by atoms with van der Waals surface area (Å²) >= 11 is 8.11. The number of nitrogens with zero attached hydrogens (tertiary/aromatic N) is 1. The Balaban J connectivity index is 2.30. The summed E-state index contributed by atoms with van der Waals surface area (Å²) < 4.78 is 27.8. The van der Waals surface area contributed by atoms with E-state index in [2.05, 4.69) is 37.6 Å². The quantitative estimate of drug-likeness (QED) is 0.741. The van der Waals surface area contributed by atoms with Crippen LogP contribution in [0.2, 0.25) is 5.02 Å². The lowest BCUT2D eigenvalue weighted by atomic mass is 10.3. The summed E-state index contributed by atoms with van der Waals surface area (Å²) in [6.07, 6.45) is 1.29. The zero-order valence-corrected chi connectivity index (χ0v) is 14.1. The number of hydrogen-bond donors (Lipinski definition) is 2. The van der Waals surface area contributed by atoms with Gasteiger partial charge in [0.05, 0.1) is 10.7 Å². The molecular weight excluding hydrogens is 413 g/mol. The summed E-state index contributed by atoms with van der Waals surface area (Å²) in [5, 5.41) is 3.17. The normalized spacial score (nSPS) is 11.2. The third kappa shape index (κ3) is 3.53. The molecule has 0 atom stereocenters. The highest BCUT2D eigenvalue weighted by molar-refractivity contribution is 14.1. The fourth-order valence-electron chi connectivity index (χ4n) is 1.46. The minimum Gasteiger partial charge on any atom is -0.373 e. The van der Waals surface area contributed by atoms with Crippen LogP contribution in [0, 0.1) is 3.57 Å². The molecule has 0 aliphatic carbocycles. The standard InChI is InChI=1S/C12H11ClIN3O2S/c1-15-12-5-3-9(7-16-12)20(18,19)17-11-4-2-8(14)6-10(11)13/h2-7,17H,1H3,(H,15,16). The molecule has 0 aliphatic rings. The first-order valence-corrected chi connectivity index (χ1v) is 8.48. The van der Waals surface area contributed by atoms with Crippen LogP contribution in [-0.4, -0.2) is 20.4 Å². The molecule has 2 rings (SSSR count). The number of rotatable bonds is 4. The Bertz CT molecular complexity index is 720. The van der Waals surface area contributed by atoms with Crippen molar-refractivity contribution in [3.8, 4) is 0 Å². The van der Waals surface area contributed by atoms with Gasteiger partial charge >= 0.3 is 0 Å². The summed E-state index contributed by atoms with van der Waals surface area (Å²) in [6, 6.07) is 8.14. The van der Waals surface area contributed by atoms with Crippen LogP contribution < -0.4 is 10.0 Å². The van der Waals surface area contributed by atoms with Crippen LogP contribution in [-0.2, 0) is 10.0 Å². The minimum absolute atomic E-state index is 0.0751. The first kappa shape index (κ1) is 15.3. The Morgan fingerprint density at radius 2 is 2.00 bits per heavy atom. The molecule has 8 heteroatoms. The Morgan fingerprint density at radius 3 is 2.55 bits per heavy atom. The SMILES string of the molecule is CNc1ccc(S(=O)(=O)Nc2ccc(I)cc2Cl)cn1. The van der Waals surface area contributed by atoms with Gasteiger partial charge < -0.3 is 5.32 Å². The molecule has 0 bridgehead atoms. The van der Waals surface area contributed by atoms with Gasteiger partial charge in [0.25, 0.3) is 10.0 Å². The van der Waals surface area contributed by atoms with E-state index in [4.69, 9.17) is 11.6 Å². The van der Waals surface area contributed by atoms with E-state index in [1.807, 2.05) is 0 Å². The van der Waals surface area contributed by atoms with Gasteiger partial charge in [0.1, 0.15) is 10.7 Å². The lowest BCUT2D eigenvalue weighted by Crippen LogP contribution is -2.13. The number of nitrogens with one attached hydrogen (secondary N) is 2. The van der Waals surface area contributed by atoms with Crippen LogP contribution in [0.1, 0.15) is 0 Å². The van der Waals surface area contributed by atoms with E-state index < -0.39 is 10.0 Å². The molecule has 106 valence electrons. The fourth-order valence-corrected chi connectivity index (χ4v) is 3.45. The average Bonchev–Trinajstić information content (AvgIpc) is 2.42. The zero-order chi connectivity index (χ0) is 14.8. The molecule has 0 radical (unpaired) electrons. The maximum atomic E-state index is 12.2. The third-order valence-corrected chi connectivity index (χ3v) is 4.81. The number of anilines is 2. The van der Waals surface area contributed by atoms with Gasteiger partial charge in [0, 0.05) is 16.8 Å². The largest absolute Gasteiger partial charge is 0.373 e. The highest BCUT2D eigenvalue weighted by Crippen LogP contribution is 2.26. The van der Waals surface area contributed by atoms with Gasteiger partial charge in [-0.15, -0.1) is 0 Å². The molecule has 1 aromatic heterocycles. The molecule has 2 aromatic rings. The van der Waals surface area contributed by atoms with E-state index >= 15 is 0 Å². The maximum absolute atomic E-state index is 12.2. The number of pyridine rings is 1. The highest BCUT2D eigenvalue weighted by atomic mass is 127. The molecule has 0 aliphatic heterocycles. The van der Waals surface area contributed by atoms with Crippen molar-refractivity contribution >= 4 is 55.7 Å². The molecule has 5 nitrogen and oxygen atoms in total. The van der Waals surface area contributed by atoms with Crippen LogP contribution in [0.15, 0.2) is 41.4 Å². The number of aromatic nitrogens is 1. The number of sulfonamides is 1. The lowest BCUT2D eigenvalue weighted by molar-refractivity contribution is 0.601. The molecule has 0 amide bonds. The average molecular weight is 424 g/mol. The Labute approximate surface area is 135 Å². The van der Waals surface area contributed by atoms with Crippen molar-refractivity contribution in [2.45, 2.75) is 4.90 Å². The molecule has 0 unspecified atom stereocenters. The van der Waals surface area contributed by atoms with Crippen molar-refractivity contribution in [1.82, 2.24) is 4.98 Å². The summed E-state index contributed by atoms with van der Waals surface area (Å²) in [4.78, 5) is 4.05. The molecule has 20 heavy (non-hydrogen) atoms. The monoisotopic (exact) mass is 423 g/mol. The van der Waals surface area contributed by atoms with Crippen molar-refractivity contribution in [1.29, 1.82) is 0 Å². The van der Waals surface area contributed by atoms with Crippen molar-refractivity contribution < 1.29 is 8.42 Å². The molecule has 2 N–H and O–H groups in total. The molecule has 1 aromatic carbocycles. The minimum atomic E-state index is -3.70.